The third-order valence-electron chi connectivity index (χ3n) is 6.25. The second-order valence-electron chi connectivity index (χ2n) is 8.17. The summed E-state index contributed by atoms with van der Waals surface area (Å²) >= 11 is 0. The lowest BCUT2D eigenvalue weighted by molar-refractivity contribution is 0.150. The van der Waals surface area contributed by atoms with Gasteiger partial charge in [0.05, 0.1) is 17.9 Å². The zero-order chi connectivity index (χ0) is 17.8. The van der Waals surface area contributed by atoms with Gasteiger partial charge < -0.3 is 10.2 Å². The molecule has 1 aliphatic carbocycles. The summed E-state index contributed by atoms with van der Waals surface area (Å²) in [5.74, 6) is 0. The van der Waals surface area contributed by atoms with E-state index in [-0.39, 0.29) is 6.03 Å². The number of nitrogens with one attached hydrogen (secondary N) is 1. The highest BCUT2D eigenvalue weighted by atomic mass is 16.2. The van der Waals surface area contributed by atoms with Crippen molar-refractivity contribution in [1.82, 2.24) is 24.9 Å². The van der Waals surface area contributed by atoms with Crippen molar-refractivity contribution < 1.29 is 4.79 Å². The van der Waals surface area contributed by atoms with Crippen molar-refractivity contribution in [1.29, 1.82) is 0 Å². The summed E-state index contributed by atoms with van der Waals surface area (Å²) < 4.78 is 2.17. The summed E-state index contributed by atoms with van der Waals surface area (Å²) in [6.07, 6.45) is 11.6. The van der Waals surface area contributed by atoms with Crippen molar-refractivity contribution in [3.8, 4) is 0 Å². The van der Waals surface area contributed by atoms with Crippen LogP contribution in [-0.4, -0.2) is 51.3 Å². The fraction of sp³-hybridized carbons (Fsp3) is 0.800. The van der Waals surface area contributed by atoms with Crippen molar-refractivity contribution in [2.45, 2.75) is 83.5 Å². The van der Waals surface area contributed by atoms with Gasteiger partial charge in [0.25, 0.3) is 0 Å². The van der Waals surface area contributed by atoms with Crippen LogP contribution in [0.2, 0.25) is 0 Å². The van der Waals surface area contributed by atoms with Crippen molar-refractivity contribution in [3.05, 3.63) is 17.5 Å². The fourth-order valence-corrected chi connectivity index (χ4v) is 4.77. The molecule has 0 unspecified atom stereocenters. The van der Waals surface area contributed by atoms with Gasteiger partial charge in [0.15, 0.2) is 0 Å². The summed E-state index contributed by atoms with van der Waals surface area (Å²) in [7, 11) is 0. The molecule has 2 amide bonds. The van der Waals surface area contributed by atoms with Gasteiger partial charge in [0.2, 0.25) is 0 Å². The summed E-state index contributed by atoms with van der Waals surface area (Å²) in [5, 5.41) is 7.83. The van der Waals surface area contributed by atoms with Gasteiger partial charge in [-0.05, 0) is 44.6 Å². The zero-order valence-electron chi connectivity index (χ0n) is 16.0. The van der Waals surface area contributed by atoms with Gasteiger partial charge >= 0.3 is 6.03 Å². The first kappa shape index (κ1) is 17.8. The summed E-state index contributed by atoms with van der Waals surface area (Å²) in [6, 6.07) is 3.03. The monoisotopic (exact) mass is 359 g/mol. The molecular weight excluding hydrogens is 326 g/mol. The molecule has 3 aliphatic rings. The molecule has 1 saturated carbocycles. The zero-order valence-corrected chi connectivity index (χ0v) is 16.0. The molecule has 4 rings (SSSR count). The van der Waals surface area contributed by atoms with E-state index in [1.54, 1.807) is 0 Å². The Bertz CT molecular complexity index is 601. The Kier molecular flexibility index (Phi) is 5.78. The van der Waals surface area contributed by atoms with Crippen LogP contribution in [0.25, 0.3) is 0 Å². The minimum atomic E-state index is 0.0664. The highest BCUT2D eigenvalue weighted by Crippen LogP contribution is 2.26. The molecule has 1 saturated heterocycles. The highest BCUT2D eigenvalue weighted by molar-refractivity contribution is 5.74. The van der Waals surface area contributed by atoms with Gasteiger partial charge in [-0.2, -0.15) is 5.10 Å². The molecule has 26 heavy (non-hydrogen) atoms. The average molecular weight is 360 g/mol. The number of carbonyl (C=O) groups is 1. The van der Waals surface area contributed by atoms with E-state index in [9.17, 15) is 4.79 Å². The number of piperidine rings is 1. The molecule has 2 aliphatic heterocycles. The maximum atomic E-state index is 12.3. The molecule has 0 aromatic carbocycles. The van der Waals surface area contributed by atoms with Crippen LogP contribution in [0.15, 0.2) is 6.07 Å². The number of aryl methyl sites for hydroxylation is 1. The van der Waals surface area contributed by atoms with Crippen LogP contribution >= 0.6 is 0 Å². The lowest BCUT2D eigenvalue weighted by Crippen LogP contribution is -2.42. The smallest absolute Gasteiger partial charge is 0.317 e. The van der Waals surface area contributed by atoms with Gasteiger partial charge in [-0.1, -0.05) is 19.3 Å². The first-order valence-corrected chi connectivity index (χ1v) is 10.6. The molecule has 0 bridgehead atoms. The van der Waals surface area contributed by atoms with Crippen molar-refractivity contribution in [2.24, 2.45) is 0 Å². The lowest BCUT2D eigenvalue weighted by atomic mass is 9.94. The molecule has 144 valence electrons. The second-order valence-corrected chi connectivity index (χ2v) is 8.17. The first-order chi connectivity index (χ1) is 12.8. The second kappa shape index (κ2) is 8.42. The van der Waals surface area contributed by atoms with E-state index in [0.717, 1.165) is 50.8 Å². The Balaban J connectivity index is 1.34. The van der Waals surface area contributed by atoms with E-state index in [1.165, 1.54) is 57.2 Å². The predicted molar refractivity (Wildman–Crippen MR) is 102 cm³/mol. The average Bonchev–Trinajstić information content (AvgIpc) is 2.97. The number of carbonyl (C=O) groups excluding carboxylic acids is 1. The minimum Gasteiger partial charge on any atom is -0.332 e. The molecular formula is C20H33N5O. The number of urea groups is 1. The van der Waals surface area contributed by atoms with E-state index in [2.05, 4.69) is 21.0 Å². The lowest BCUT2D eigenvalue weighted by Gasteiger charge is -2.33. The molecule has 0 spiro atoms. The molecule has 0 radical (unpaired) electrons. The Morgan fingerprint density at radius 3 is 2.58 bits per heavy atom. The van der Waals surface area contributed by atoms with Crippen LogP contribution in [0.4, 0.5) is 4.79 Å². The quantitative estimate of drug-likeness (QED) is 0.902. The summed E-state index contributed by atoms with van der Waals surface area (Å²) in [6.45, 7) is 5.52. The Morgan fingerprint density at radius 1 is 1.00 bits per heavy atom. The van der Waals surface area contributed by atoms with Gasteiger partial charge in [-0.3, -0.25) is 9.58 Å². The number of nitrogens with zero attached hydrogens (tertiary/aromatic N) is 4. The number of fused-ring (bicyclic) bond motifs is 1. The fourth-order valence-electron chi connectivity index (χ4n) is 4.77. The van der Waals surface area contributed by atoms with Crippen LogP contribution < -0.4 is 5.32 Å². The normalized spacial score (nSPS) is 22.7. The molecule has 0 atom stereocenters. The van der Waals surface area contributed by atoms with Crippen LogP contribution in [0, 0.1) is 0 Å². The third-order valence-corrected chi connectivity index (χ3v) is 6.25. The third kappa shape index (κ3) is 4.22. The van der Waals surface area contributed by atoms with Gasteiger partial charge in [0.1, 0.15) is 0 Å². The minimum absolute atomic E-state index is 0.0664. The first-order valence-electron chi connectivity index (χ1n) is 10.6. The molecule has 1 aromatic rings. The maximum Gasteiger partial charge on any atom is 0.317 e. The predicted octanol–water partition coefficient (Wildman–Crippen LogP) is 3.12. The Morgan fingerprint density at radius 2 is 1.77 bits per heavy atom. The standard InChI is InChI=1S/C20H33N5O/c26-20(23-10-5-2-6-11-23)21-15-17-14-19-16-24(12-7-13-25(19)22-17)18-8-3-1-4-9-18/h14,18H,1-13,15-16H2,(H,21,26). The number of likely N-dealkylation sites (tertiary alicyclic amines) is 1. The van der Waals surface area contributed by atoms with Crippen molar-refractivity contribution in [2.75, 3.05) is 19.6 Å². The topological polar surface area (TPSA) is 53.4 Å². The SMILES string of the molecule is O=C(NCc1cc2n(n1)CCCN(C1CCCCC1)C2)N1CCCCC1. The molecule has 3 heterocycles. The van der Waals surface area contributed by atoms with E-state index >= 15 is 0 Å². The van der Waals surface area contributed by atoms with E-state index in [4.69, 9.17) is 5.10 Å². The number of amides is 2. The van der Waals surface area contributed by atoms with Gasteiger partial charge in [-0.25, -0.2) is 4.79 Å². The van der Waals surface area contributed by atoms with Crippen molar-refractivity contribution >= 4 is 6.03 Å². The summed E-state index contributed by atoms with van der Waals surface area (Å²) in [4.78, 5) is 16.9. The van der Waals surface area contributed by atoms with Crippen LogP contribution in [0.5, 0.6) is 0 Å². The van der Waals surface area contributed by atoms with Crippen molar-refractivity contribution in [3.63, 3.8) is 0 Å². The Labute approximate surface area is 156 Å². The van der Waals surface area contributed by atoms with E-state index in [0.29, 0.717) is 6.54 Å². The number of hydrogen-bond acceptors (Lipinski definition) is 3. The molecule has 6 heteroatoms. The molecule has 2 fully saturated rings. The van der Waals surface area contributed by atoms with E-state index < -0.39 is 0 Å². The van der Waals surface area contributed by atoms with Crippen LogP contribution in [0.1, 0.15) is 69.2 Å². The largest absolute Gasteiger partial charge is 0.332 e. The molecule has 1 N–H and O–H groups in total. The van der Waals surface area contributed by atoms with Crippen LogP contribution in [0.3, 0.4) is 0 Å². The maximum absolute atomic E-state index is 12.3. The number of aromatic nitrogens is 2. The van der Waals surface area contributed by atoms with Crippen LogP contribution in [-0.2, 0) is 19.6 Å². The van der Waals surface area contributed by atoms with Gasteiger partial charge in [-0.15, -0.1) is 0 Å². The molecule has 1 aromatic heterocycles. The number of rotatable bonds is 3. The van der Waals surface area contributed by atoms with Gasteiger partial charge in [0, 0.05) is 38.8 Å². The molecule has 6 nitrogen and oxygen atoms in total. The summed E-state index contributed by atoms with van der Waals surface area (Å²) in [5.41, 5.74) is 2.31. The number of hydrogen-bond donors (Lipinski definition) is 1. The highest BCUT2D eigenvalue weighted by Gasteiger charge is 2.25. The Hall–Kier alpha value is -1.56. The van der Waals surface area contributed by atoms with E-state index in [1.807, 2.05) is 4.90 Å².